The van der Waals surface area contributed by atoms with Crippen LogP contribution in [-0.4, -0.2) is 86.3 Å². The van der Waals surface area contributed by atoms with E-state index < -0.39 is 18.1 Å². The quantitative estimate of drug-likeness (QED) is 0.0834. The van der Waals surface area contributed by atoms with Gasteiger partial charge in [-0.3, -0.25) is 28.6 Å². The molecule has 2 atom stereocenters. The number of alkyl halides is 3. The lowest BCUT2D eigenvalue weighted by atomic mass is 9.96. The summed E-state index contributed by atoms with van der Waals surface area (Å²) in [5.41, 5.74) is 5.75. The Kier molecular flexibility index (Phi) is 14.6. The maximum absolute atomic E-state index is 13.2. The number of carbonyl (C=O) groups is 2. The summed E-state index contributed by atoms with van der Waals surface area (Å²) in [5, 5.41) is 22.8. The number of amides is 2. The SMILES string of the molecule is CC.Cc1ccc(-c2cnc3c(N4CCC(C(F)(F)F)CC4)cc(C(=O)N[C@@H](C)c4ncn[nH]4)cn23)s1.Cc1ccc(-c2cnc3c(NC4CCCC4)cc(C(=O)N[C@@H](C)c4ncn[nH]4)cn23)s1. The topological polar surface area (TPSA) is 191 Å². The van der Waals surface area contributed by atoms with Gasteiger partial charge < -0.3 is 20.9 Å². The van der Waals surface area contributed by atoms with Crippen LogP contribution < -0.4 is 20.9 Å². The van der Waals surface area contributed by atoms with Crippen molar-refractivity contribution in [3.05, 3.63) is 106 Å². The fraction of sp³-hybridized carbons (Fsp3) is 0.404. The molecule has 16 nitrogen and oxygen atoms in total. The van der Waals surface area contributed by atoms with Crippen LogP contribution in [0.15, 0.2) is 73.8 Å². The lowest BCUT2D eigenvalue weighted by Crippen LogP contribution is -2.39. The zero-order valence-electron chi connectivity index (χ0n) is 38.7. The molecule has 68 heavy (non-hydrogen) atoms. The van der Waals surface area contributed by atoms with Gasteiger partial charge in [0.2, 0.25) is 0 Å². The predicted octanol–water partition coefficient (Wildman–Crippen LogP) is 10.1. The molecule has 21 heteroatoms. The Morgan fingerprint density at radius 3 is 1.69 bits per heavy atom. The zero-order chi connectivity index (χ0) is 48.1. The number of hydrogen-bond acceptors (Lipinski definition) is 12. The lowest BCUT2D eigenvalue weighted by molar-refractivity contribution is -0.179. The minimum atomic E-state index is -4.20. The van der Waals surface area contributed by atoms with E-state index in [1.54, 1.807) is 48.1 Å². The van der Waals surface area contributed by atoms with Crippen molar-refractivity contribution in [2.75, 3.05) is 23.3 Å². The van der Waals surface area contributed by atoms with Crippen LogP contribution in [-0.2, 0) is 0 Å². The predicted molar refractivity (Wildman–Crippen MR) is 259 cm³/mol. The van der Waals surface area contributed by atoms with E-state index in [1.165, 1.54) is 30.4 Å². The molecule has 2 fully saturated rings. The van der Waals surface area contributed by atoms with Crippen molar-refractivity contribution < 1.29 is 22.8 Å². The highest BCUT2D eigenvalue weighted by Crippen LogP contribution is 2.38. The molecule has 8 aromatic rings. The Morgan fingerprint density at radius 2 is 1.22 bits per heavy atom. The third kappa shape index (κ3) is 10.6. The number of pyridine rings is 2. The Bertz CT molecular complexity index is 2940. The molecule has 0 unspecified atom stereocenters. The van der Waals surface area contributed by atoms with Crippen LogP contribution in [0.2, 0.25) is 0 Å². The molecule has 1 saturated heterocycles. The number of aryl methyl sites for hydroxylation is 2. The molecule has 2 aliphatic rings. The summed E-state index contributed by atoms with van der Waals surface area (Å²) < 4.78 is 43.6. The van der Waals surface area contributed by atoms with Crippen LogP contribution in [0.4, 0.5) is 24.5 Å². The number of rotatable bonds is 11. The van der Waals surface area contributed by atoms with E-state index in [-0.39, 0.29) is 43.8 Å². The van der Waals surface area contributed by atoms with E-state index in [9.17, 15) is 22.8 Å². The van der Waals surface area contributed by atoms with Crippen LogP contribution >= 0.6 is 22.7 Å². The molecule has 1 saturated carbocycles. The van der Waals surface area contributed by atoms with Gasteiger partial charge in [0.05, 0.1) is 74.0 Å². The molecule has 0 aromatic carbocycles. The van der Waals surface area contributed by atoms with Gasteiger partial charge in [0, 0.05) is 41.3 Å². The van der Waals surface area contributed by atoms with E-state index in [4.69, 9.17) is 4.98 Å². The summed E-state index contributed by atoms with van der Waals surface area (Å²) in [6.45, 7) is 12.2. The first-order valence-electron chi connectivity index (χ1n) is 22.8. The maximum Gasteiger partial charge on any atom is 0.391 e. The highest BCUT2D eigenvalue weighted by molar-refractivity contribution is 7.15. The number of aromatic nitrogens is 10. The van der Waals surface area contributed by atoms with Crippen LogP contribution in [0.5, 0.6) is 0 Å². The van der Waals surface area contributed by atoms with E-state index >= 15 is 0 Å². The Morgan fingerprint density at radius 1 is 0.721 bits per heavy atom. The highest BCUT2D eigenvalue weighted by Gasteiger charge is 2.41. The van der Waals surface area contributed by atoms with Gasteiger partial charge in [-0.1, -0.05) is 26.7 Å². The number of imidazole rings is 2. The second-order valence-electron chi connectivity index (χ2n) is 16.8. The van der Waals surface area contributed by atoms with E-state index in [0.29, 0.717) is 40.2 Å². The van der Waals surface area contributed by atoms with Crippen molar-refractivity contribution in [2.24, 2.45) is 5.92 Å². The van der Waals surface area contributed by atoms with Gasteiger partial charge in [-0.15, -0.1) is 22.7 Å². The standard InChI is InChI=1S/C23H24F3N7OS.C22H25N7OS.C2H6/c1-13-3-4-19(35-13)18-10-27-21-17(32-7-5-16(6-8-32)23(24,25)26)9-15(11-33(18)21)22(34)30-14(2)20-28-12-29-31-20;1-13-7-8-19(31-13)18-10-23-21-17(27-16-5-3-4-6-16)9-15(11-29(18)21)22(30)26-14(2)20-24-12-25-28-20;1-2/h3-4,9-12,14,16H,5-8H2,1-2H3,(H,30,34)(H,28,29,31);7-12,14,16,27H,3-6H2,1-2H3,(H,26,30)(H,24,25,28);1-2H3/t2*14-;/m00./s1. The molecule has 0 radical (unpaired) electrons. The third-order valence-corrected chi connectivity index (χ3v) is 14.1. The molecular formula is C47H55F3N14O2S2. The molecule has 9 heterocycles. The number of aromatic amines is 2. The second-order valence-corrected chi connectivity index (χ2v) is 19.4. The van der Waals surface area contributed by atoms with Crippen molar-refractivity contribution >= 4 is 57.2 Å². The van der Waals surface area contributed by atoms with Crippen molar-refractivity contribution in [3.8, 4) is 21.1 Å². The molecular weight excluding hydrogens is 914 g/mol. The maximum atomic E-state index is 13.2. The number of nitrogens with one attached hydrogen (secondary N) is 5. The molecule has 8 aromatic heterocycles. The van der Waals surface area contributed by atoms with Gasteiger partial charge in [0.1, 0.15) is 24.3 Å². The van der Waals surface area contributed by atoms with Gasteiger partial charge in [0.25, 0.3) is 11.8 Å². The minimum absolute atomic E-state index is 0.00625. The molecule has 10 rings (SSSR count). The summed E-state index contributed by atoms with van der Waals surface area (Å²) in [6, 6.07) is 11.6. The number of hydrogen-bond donors (Lipinski definition) is 5. The number of nitrogens with zero attached hydrogens (tertiary/aromatic N) is 9. The normalized spacial score (nSPS) is 15.4. The molecule has 1 aliphatic heterocycles. The fourth-order valence-corrected chi connectivity index (χ4v) is 10.3. The highest BCUT2D eigenvalue weighted by atomic mass is 32.1. The first-order valence-corrected chi connectivity index (χ1v) is 24.5. The average Bonchev–Trinajstić information content (AvgIpc) is 4.19. The minimum Gasteiger partial charge on any atom is -0.379 e. The molecule has 2 amide bonds. The Hall–Kier alpha value is -6.61. The second kappa shape index (κ2) is 20.7. The van der Waals surface area contributed by atoms with Gasteiger partial charge in [-0.05, 0) is 89.8 Å². The number of anilines is 2. The first kappa shape index (κ1) is 47.9. The smallest absolute Gasteiger partial charge is 0.379 e. The fourth-order valence-electron chi connectivity index (χ4n) is 8.53. The summed E-state index contributed by atoms with van der Waals surface area (Å²) in [6.07, 6.45) is 10.6. The Labute approximate surface area is 399 Å². The summed E-state index contributed by atoms with van der Waals surface area (Å²) >= 11 is 3.33. The molecule has 358 valence electrons. The third-order valence-electron chi connectivity index (χ3n) is 12.1. The number of piperidine rings is 1. The number of carbonyl (C=O) groups excluding carboxylic acids is 2. The average molecular weight is 969 g/mol. The number of thiophene rings is 2. The van der Waals surface area contributed by atoms with Crippen LogP contribution in [0.1, 0.15) is 120 Å². The van der Waals surface area contributed by atoms with E-state index in [0.717, 1.165) is 50.2 Å². The van der Waals surface area contributed by atoms with Crippen molar-refractivity contribution in [2.45, 2.75) is 104 Å². The van der Waals surface area contributed by atoms with Gasteiger partial charge >= 0.3 is 6.18 Å². The Balaban J connectivity index is 0.000000179. The lowest BCUT2D eigenvalue weighted by Gasteiger charge is -2.34. The molecule has 0 spiro atoms. The van der Waals surface area contributed by atoms with Crippen LogP contribution in [0.25, 0.3) is 32.4 Å². The number of fused-ring (bicyclic) bond motifs is 2. The van der Waals surface area contributed by atoms with Crippen LogP contribution in [0.3, 0.4) is 0 Å². The number of H-pyrrole nitrogens is 2. The molecule has 5 N–H and O–H groups in total. The monoisotopic (exact) mass is 968 g/mol. The van der Waals surface area contributed by atoms with Crippen molar-refractivity contribution in [3.63, 3.8) is 0 Å². The first-order chi connectivity index (χ1) is 32.8. The van der Waals surface area contributed by atoms with Gasteiger partial charge in [-0.25, -0.2) is 19.9 Å². The molecule has 0 bridgehead atoms. The summed E-state index contributed by atoms with van der Waals surface area (Å²) in [7, 11) is 0. The van der Waals surface area contributed by atoms with Crippen LogP contribution in [0, 0.1) is 19.8 Å². The largest absolute Gasteiger partial charge is 0.391 e. The number of halogens is 3. The summed E-state index contributed by atoms with van der Waals surface area (Å²) in [5.74, 6) is -0.665. The zero-order valence-corrected chi connectivity index (χ0v) is 40.3. The molecule has 1 aliphatic carbocycles. The summed E-state index contributed by atoms with van der Waals surface area (Å²) in [4.78, 5) is 50.3. The van der Waals surface area contributed by atoms with Gasteiger partial charge in [0.15, 0.2) is 11.3 Å². The van der Waals surface area contributed by atoms with E-state index in [1.807, 2.05) is 72.0 Å². The van der Waals surface area contributed by atoms with E-state index in [2.05, 4.69) is 70.4 Å². The van der Waals surface area contributed by atoms with Crippen molar-refractivity contribution in [1.82, 2.24) is 59.8 Å². The van der Waals surface area contributed by atoms with Crippen molar-refractivity contribution in [1.29, 1.82) is 0 Å². The van der Waals surface area contributed by atoms with Gasteiger partial charge in [-0.2, -0.15) is 23.4 Å².